The topological polar surface area (TPSA) is 174 Å². The lowest BCUT2D eigenvalue weighted by molar-refractivity contribution is -0.0229. The van der Waals surface area contributed by atoms with E-state index < -0.39 is 11.6 Å². The van der Waals surface area contributed by atoms with Crippen LogP contribution in [0.25, 0.3) is 0 Å². The molecule has 0 bridgehead atoms. The number of esters is 1. The first-order valence-electron chi connectivity index (χ1n) is 24.8. The van der Waals surface area contributed by atoms with Gasteiger partial charge in [-0.2, -0.15) is 0 Å². The Labute approximate surface area is 417 Å². The van der Waals surface area contributed by atoms with Crippen molar-refractivity contribution in [3.8, 4) is 17.2 Å². The molecule has 1 atom stereocenters. The third-order valence-electron chi connectivity index (χ3n) is 12.4. The zero-order valence-electron chi connectivity index (χ0n) is 41.6. The Morgan fingerprint density at radius 1 is 0.620 bits per heavy atom. The van der Waals surface area contributed by atoms with Crippen molar-refractivity contribution in [2.75, 3.05) is 138 Å². The summed E-state index contributed by atoms with van der Waals surface area (Å²) >= 11 is 0. The Balaban J connectivity index is 0.637. The van der Waals surface area contributed by atoms with E-state index in [1.807, 2.05) is 74.4 Å². The molecule has 2 heterocycles. The first-order valence-corrected chi connectivity index (χ1v) is 24.8. The minimum Gasteiger partial charge on any atom is -0.508 e. The van der Waals surface area contributed by atoms with Crippen LogP contribution in [0.3, 0.4) is 0 Å². The molecule has 1 fully saturated rings. The van der Waals surface area contributed by atoms with Crippen molar-refractivity contribution in [2.24, 2.45) is 0 Å². The summed E-state index contributed by atoms with van der Waals surface area (Å²) in [5.74, 6) is 0.703. The predicted octanol–water partition coefficient (Wildman–Crippen LogP) is 6.86. The van der Waals surface area contributed by atoms with E-state index >= 15 is 0 Å². The van der Waals surface area contributed by atoms with Gasteiger partial charge in [0.05, 0.1) is 111 Å². The number of aryl methyl sites for hydroxylation is 1. The van der Waals surface area contributed by atoms with Crippen LogP contribution in [-0.4, -0.2) is 150 Å². The second-order valence-electron chi connectivity index (χ2n) is 17.7. The molecule has 3 aliphatic rings. The second kappa shape index (κ2) is 27.9. The maximum Gasteiger partial charge on any atom is 0.340 e. The lowest BCUT2D eigenvalue weighted by atomic mass is 9.77. The van der Waals surface area contributed by atoms with E-state index in [4.69, 9.17) is 47.4 Å². The summed E-state index contributed by atoms with van der Waals surface area (Å²) in [7, 11) is 3.92. The molecule has 4 aromatic rings. The second-order valence-corrected chi connectivity index (χ2v) is 17.7. The van der Waals surface area contributed by atoms with E-state index in [2.05, 4.69) is 10.6 Å². The summed E-state index contributed by atoms with van der Waals surface area (Å²) in [5, 5.41) is 16.0. The fourth-order valence-corrected chi connectivity index (χ4v) is 8.46. The van der Waals surface area contributed by atoms with Crippen LogP contribution in [0.4, 0.5) is 5.69 Å². The van der Waals surface area contributed by atoms with Crippen molar-refractivity contribution in [3.05, 3.63) is 129 Å². The van der Waals surface area contributed by atoms with Gasteiger partial charge in [-0.15, -0.1) is 0 Å². The summed E-state index contributed by atoms with van der Waals surface area (Å²) in [6, 6.07) is 24.2. The number of anilines is 1. The van der Waals surface area contributed by atoms with Crippen molar-refractivity contribution in [2.45, 2.75) is 44.6 Å². The standard InChI is InChI=1S/C55H71N3O13/c1-40-7-14-48-51(37-40)70-52-39-44(58(2)3)11-16-49(52)55(48)47-15-10-43(38-46(47)54(61)71-55)53(60)57-20-22-63-24-26-65-28-30-67-32-34-69-36-35-68-33-31-66-29-27-64-25-23-62-21-18-50(42-5-4-6-42)56-19-17-41-8-12-45(59)13-9-41/h7-16,37-39,56,59H,4-6,17-36H2,1-3H3,(H,57,60). The van der Waals surface area contributed by atoms with Gasteiger partial charge >= 0.3 is 5.97 Å². The van der Waals surface area contributed by atoms with Gasteiger partial charge in [0, 0.05) is 73.3 Å². The normalized spacial score (nSPS) is 15.4. The highest BCUT2D eigenvalue weighted by molar-refractivity contribution is 6.01. The molecule has 16 heteroatoms. The molecular formula is C55H71N3O13. The summed E-state index contributed by atoms with van der Waals surface area (Å²) in [4.78, 5) is 28.7. The Kier molecular flexibility index (Phi) is 20.9. The minimum absolute atomic E-state index is 0.288. The first-order chi connectivity index (χ1) is 34.7. The maximum atomic E-state index is 13.5. The number of benzene rings is 4. The molecule has 4 aromatic carbocycles. The third kappa shape index (κ3) is 15.2. The van der Waals surface area contributed by atoms with E-state index in [-0.39, 0.29) is 12.5 Å². The number of phenolic OH excluding ortho intramolecular Hbond substituents is 1. The summed E-state index contributed by atoms with van der Waals surface area (Å²) in [6.45, 7) is 10.6. The number of aromatic hydroxyl groups is 1. The molecular weight excluding hydrogens is 911 g/mol. The fraction of sp³-hybridized carbons (Fsp3) is 0.491. The van der Waals surface area contributed by atoms with Crippen LogP contribution in [0.15, 0.2) is 90.1 Å². The SMILES string of the molecule is Cc1ccc2c(c1)Oc1cc(N(C)C)ccc1C21OC(=O)c2cc(C(=O)NCCOCCOCCOCCOCCOCCOCCOCCOCCC(NCCc3ccc(O)cc3)=C3CCC3)ccc21. The van der Waals surface area contributed by atoms with Crippen molar-refractivity contribution in [3.63, 3.8) is 0 Å². The lowest BCUT2D eigenvalue weighted by Gasteiger charge is -2.37. The van der Waals surface area contributed by atoms with Gasteiger partial charge in [0.2, 0.25) is 0 Å². The van der Waals surface area contributed by atoms with Gasteiger partial charge in [0.25, 0.3) is 5.91 Å². The minimum atomic E-state index is -1.21. The van der Waals surface area contributed by atoms with Crippen molar-refractivity contribution in [1.82, 2.24) is 10.6 Å². The van der Waals surface area contributed by atoms with Crippen LogP contribution in [0, 0.1) is 6.92 Å². The Morgan fingerprint density at radius 3 is 1.72 bits per heavy atom. The van der Waals surface area contributed by atoms with Crippen LogP contribution in [0.5, 0.6) is 17.2 Å². The van der Waals surface area contributed by atoms with Crippen LogP contribution in [0.1, 0.15) is 74.2 Å². The number of ether oxygens (including phenoxy) is 10. The number of hydrogen-bond acceptors (Lipinski definition) is 15. The van der Waals surface area contributed by atoms with Crippen LogP contribution < -0.4 is 20.3 Å². The van der Waals surface area contributed by atoms with Gasteiger partial charge in [-0.05, 0) is 86.2 Å². The van der Waals surface area contributed by atoms with E-state index in [1.54, 1.807) is 30.3 Å². The average molecular weight is 982 g/mol. The molecule has 0 aromatic heterocycles. The summed E-state index contributed by atoms with van der Waals surface area (Å²) in [5.41, 5.74) is 7.60. The molecule has 1 saturated carbocycles. The number of hydrogen-bond donors (Lipinski definition) is 3. The molecule has 1 unspecified atom stereocenters. The lowest BCUT2D eigenvalue weighted by Crippen LogP contribution is -2.33. The van der Waals surface area contributed by atoms with Crippen molar-refractivity contribution in [1.29, 1.82) is 0 Å². The van der Waals surface area contributed by atoms with Crippen molar-refractivity contribution < 1.29 is 62.1 Å². The first kappa shape index (κ1) is 53.2. The molecule has 71 heavy (non-hydrogen) atoms. The molecule has 0 saturated heterocycles. The quantitative estimate of drug-likeness (QED) is 0.0334. The number of nitrogens with one attached hydrogen (secondary N) is 2. The fourth-order valence-electron chi connectivity index (χ4n) is 8.46. The van der Waals surface area contributed by atoms with Gasteiger partial charge in [-0.1, -0.05) is 35.9 Å². The van der Waals surface area contributed by atoms with Gasteiger partial charge in [-0.25, -0.2) is 4.79 Å². The Hall–Kier alpha value is -5.56. The molecule has 1 spiro atoms. The molecule has 16 nitrogen and oxygen atoms in total. The molecule has 7 rings (SSSR count). The molecule has 1 aliphatic carbocycles. The molecule has 384 valence electrons. The number of carbonyl (C=O) groups excluding carboxylic acids is 2. The molecule has 2 aliphatic heterocycles. The zero-order valence-corrected chi connectivity index (χ0v) is 41.6. The number of phenols is 1. The summed E-state index contributed by atoms with van der Waals surface area (Å²) < 4.78 is 57.6. The van der Waals surface area contributed by atoms with Crippen LogP contribution in [-0.2, 0) is 54.7 Å². The largest absolute Gasteiger partial charge is 0.508 e. The van der Waals surface area contributed by atoms with E-state index in [9.17, 15) is 14.7 Å². The monoisotopic (exact) mass is 981 g/mol. The average Bonchev–Trinajstić information content (AvgIpc) is 3.64. The molecule has 0 radical (unpaired) electrons. The molecule has 1 amide bonds. The van der Waals surface area contributed by atoms with E-state index in [1.165, 1.54) is 36.1 Å². The number of nitrogens with zero attached hydrogens (tertiary/aromatic N) is 1. The highest BCUT2D eigenvalue weighted by Crippen LogP contribution is 2.56. The molecule has 3 N–H and O–H groups in total. The third-order valence-corrected chi connectivity index (χ3v) is 12.4. The highest BCUT2D eigenvalue weighted by Gasteiger charge is 2.53. The highest BCUT2D eigenvalue weighted by atomic mass is 16.6. The van der Waals surface area contributed by atoms with Gasteiger partial charge in [0.15, 0.2) is 5.60 Å². The van der Waals surface area contributed by atoms with E-state index in [0.29, 0.717) is 140 Å². The number of allylic oxidation sites excluding steroid dienone is 1. The maximum absolute atomic E-state index is 13.5. The zero-order chi connectivity index (χ0) is 49.7. The van der Waals surface area contributed by atoms with Crippen LogP contribution in [0.2, 0.25) is 0 Å². The van der Waals surface area contributed by atoms with Gasteiger partial charge in [-0.3, -0.25) is 4.79 Å². The van der Waals surface area contributed by atoms with E-state index in [0.717, 1.165) is 41.8 Å². The van der Waals surface area contributed by atoms with Crippen molar-refractivity contribution >= 4 is 17.6 Å². The predicted molar refractivity (Wildman–Crippen MR) is 268 cm³/mol. The summed E-state index contributed by atoms with van der Waals surface area (Å²) in [6.07, 6.45) is 5.38. The van der Waals surface area contributed by atoms with Crippen LogP contribution >= 0.6 is 0 Å². The van der Waals surface area contributed by atoms with Gasteiger partial charge in [0.1, 0.15) is 17.2 Å². The number of rotatable bonds is 33. The van der Waals surface area contributed by atoms with Gasteiger partial charge < -0.3 is 68.0 Å². The Bertz CT molecular complexity index is 2350. The Morgan fingerprint density at radius 2 is 1.15 bits per heavy atom. The smallest absolute Gasteiger partial charge is 0.340 e. The number of amides is 1. The number of carbonyl (C=O) groups is 2. The number of fused-ring (bicyclic) bond motifs is 6.